The number of halogens is 1. The van der Waals surface area contributed by atoms with Crippen LogP contribution >= 0.6 is 12.4 Å². The third-order valence-corrected chi connectivity index (χ3v) is 6.50. The van der Waals surface area contributed by atoms with Crippen LogP contribution in [0.25, 0.3) is 11.0 Å². The molecule has 4 rings (SSSR count). The molecule has 0 radical (unpaired) electrons. The van der Waals surface area contributed by atoms with Crippen LogP contribution in [-0.4, -0.2) is 60.0 Å². The Morgan fingerprint density at radius 2 is 1.76 bits per heavy atom. The van der Waals surface area contributed by atoms with Crippen LogP contribution in [0.5, 0.6) is 0 Å². The minimum absolute atomic E-state index is 0. The van der Waals surface area contributed by atoms with E-state index < -0.39 is 11.9 Å². The van der Waals surface area contributed by atoms with E-state index in [1.54, 1.807) is 11.6 Å². The molecule has 2 aromatic rings. The Hall–Kier alpha value is -2.20. The van der Waals surface area contributed by atoms with E-state index in [-0.39, 0.29) is 30.4 Å². The Morgan fingerprint density at radius 1 is 1.00 bits per heavy atom. The van der Waals surface area contributed by atoms with Crippen molar-refractivity contribution in [1.82, 2.24) is 19.8 Å². The summed E-state index contributed by atoms with van der Waals surface area (Å²) in [5.41, 5.74) is 2.38. The number of amides is 2. The van der Waals surface area contributed by atoms with E-state index in [0.717, 1.165) is 62.9 Å². The third-order valence-electron chi connectivity index (χ3n) is 6.50. The predicted molar refractivity (Wildman–Crippen MR) is 131 cm³/mol. The van der Waals surface area contributed by atoms with Crippen LogP contribution < -0.4 is 16.3 Å². The molecule has 2 amide bonds. The van der Waals surface area contributed by atoms with Gasteiger partial charge in [-0.1, -0.05) is 6.07 Å². The molecular weight excluding hydrogens is 460 g/mol. The highest BCUT2D eigenvalue weighted by Gasteiger charge is 2.31. The van der Waals surface area contributed by atoms with Crippen molar-refractivity contribution in [3.8, 4) is 0 Å². The SMILES string of the molecule is Cl.Cn1c(=O)n(C2CCC(=O)NC2=O)c2ccc(CCCOCCCOC3CCNCC3)cc21. The molecule has 0 saturated carbocycles. The lowest BCUT2D eigenvalue weighted by molar-refractivity contribution is -0.135. The van der Waals surface area contributed by atoms with Gasteiger partial charge in [-0.05, 0) is 69.3 Å². The maximum Gasteiger partial charge on any atom is 0.329 e. The number of imide groups is 1. The number of aromatic nitrogens is 2. The number of hydrogen-bond acceptors (Lipinski definition) is 6. The molecule has 2 saturated heterocycles. The van der Waals surface area contributed by atoms with Gasteiger partial charge in [-0.3, -0.25) is 24.0 Å². The van der Waals surface area contributed by atoms with Crippen molar-refractivity contribution in [2.75, 3.05) is 32.9 Å². The standard InChI is InChI=1S/C24H34N4O5.ClH/c1-27-21-16-17(4-2-13-32-14-3-15-33-18-9-11-25-12-10-18)5-6-19(21)28(24(27)31)20-7-8-22(29)26-23(20)30;/h5-6,16,18,20,25H,2-4,7-15H2,1H3,(H,26,29,30);1H. The van der Waals surface area contributed by atoms with E-state index >= 15 is 0 Å². The smallest absolute Gasteiger partial charge is 0.329 e. The molecule has 1 unspecified atom stereocenters. The lowest BCUT2D eigenvalue weighted by Gasteiger charge is -2.22. The van der Waals surface area contributed by atoms with Gasteiger partial charge in [0, 0.05) is 33.3 Å². The first-order valence-corrected chi connectivity index (χ1v) is 12.0. The quantitative estimate of drug-likeness (QED) is 0.386. The van der Waals surface area contributed by atoms with E-state index in [1.807, 2.05) is 18.2 Å². The second kappa shape index (κ2) is 12.5. The number of carbonyl (C=O) groups excluding carboxylic acids is 2. The first-order chi connectivity index (χ1) is 16.0. The maximum atomic E-state index is 12.8. The van der Waals surface area contributed by atoms with Crippen molar-refractivity contribution in [2.24, 2.45) is 7.05 Å². The first kappa shape index (κ1) is 26.4. The van der Waals surface area contributed by atoms with Gasteiger partial charge in [-0.25, -0.2) is 4.79 Å². The summed E-state index contributed by atoms with van der Waals surface area (Å²) in [6.07, 6.45) is 5.80. The Labute approximate surface area is 205 Å². The van der Waals surface area contributed by atoms with Gasteiger partial charge < -0.3 is 14.8 Å². The van der Waals surface area contributed by atoms with Gasteiger partial charge in [0.05, 0.1) is 17.1 Å². The number of carbonyl (C=O) groups is 2. The maximum absolute atomic E-state index is 12.8. The van der Waals surface area contributed by atoms with E-state index in [2.05, 4.69) is 10.6 Å². The zero-order valence-corrected chi connectivity index (χ0v) is 20.5. The molecular formula is C24H35ClN4O5. The van der Waals surface area contributed by atoms with Crippen LogP contribution in [0.1, 0.15) is 50.1 Å². The normalized spacial score (nSPS) is 19.3. The Balaban J connectivity index is 0.00000324. The molecule has 10 heteroatoms. The summed E-state index contributed by atoms with van der Waals surface area (Å²) in [6.45, 7) is 4.22. The summed E-state index contributed by atoms with van der Waals surface area (Å²) in [5.74, 6) is -0.702. The molecule has 2 aliphatic rings. The molecule has 0 bridgehead atoms. The zero-order valence-electron chi connectivity index (χ0n) is 19.7. The fourth-order valence-corrected chi connectivity index (χ4v) is 4.65. The van der Waals surface area contributed by atoms with Crippen molar-refractivity contribution >= 4 is 35.3 Å². The summed E-state index contributed by atoms with van der Waals surface area (Å²) in [7, 11) is 1.71. The van der Waals surface area contributed by atoms with Crippen molar-refractivity contribution in [1.29, 1.82) is 0 Å². The van der Waals surface area contributed by atoms with Crippen LogP contribution in [0, 0.1) is 0 Å². The number of fused-ring (bicyclic) bond motifs is 1. The van der Waals surface area contributed by atoms with Gasteiger partial charge in [-0.2, -0.15) is 0 Å². The summed E-state index contributed by atoms with van der Waals surface area (Å²) < 4.78 is 14.7. The van der Waals surface area contributed by atoms with Crippen LogP contribution in [-0.2, 0) is 32.5 Å². The minimum atomic E-state index is -0.656. The topological polar surface area (TPSA) is 104 Å². The summed E-state index contributed by atoms with van der Waals surface area (Å²) >= 11 is 0. The lowest BCUT2D eigenvalue weighted by atomic mass is 10.1. The number of nitrogens with one attached hydrogen (secondary N) is 2. The second-order valence-corrected chi connectivity index (χ2v) is 8.89. The van der Waals surface area contributed by atoms with E-state index in [1.165, 1.54) is 4.57 Å². The average Bonchev–Trinajstić information content (AvgIpc) is 3.06. The third kappa shape index (κ3) is 6.27. The van der Waals surface area contributed by atoms with Gasteiger partial charge in [0.15, 0.2) is 0 Å². The number of imidazole rings is 1. The molecule has 0 aliphatic carbocycles. The Morgan fingerprint density at radius 3 is 2.53 bits per heavy atom. The highest BCUT2D eigenvalue weighted by Crippen LogP contribution is 2.24. The number of nitrogens with zero attached hydrogens (tertiary/aromatic N) is 2. The van der Waals surface area contributed by atoms with Crippen LogP contribution in [0.2, 0.25) is 0 Å². The van der Waals surface area contributed by atoms with Crippen molar-refractivity contribution in [3.05, 3.63) is 34.2 Å². The van der Waals surface area contributed by atoms with Gasteiger partial charge in [0.25, 0.3) is 0 Å². The molecule has 1 atom stereocenters. The minimum Gasteiger partial charge on any atom is -0.381 e. The molecule has 2 N–H and O–H groups in total. The fraction of sp³-hybridized carbons (Fsp3) is 0.625. The largest absolute Gasteiger partial charge is 0.381 e. The molecule has 0 spiro atoms. The molecule has 1 aromatic heterocycles. The predicted octanol–water partition coefficient (Wildman–Crippen LogP) is 1.85. The van der Waals surface area contributed by atoms with Crippen LogP contribution in [0.3, 0.4) is 0 Å². The van der Waals surface area contributed by atoms with Gasteiger partial charge >= 0.3 is 5.69 Å². The molecule has 188 valence electrons. The molecule has 34 heavy (non-hydrogen) atoms. The average molecular weight is 495 g/mol. The Bertz CT molecular complexity index is 1040. The fourth-order valence-electron chi connectivity index (χ4n) is 4.65. The van der Waals surface area contributed by atoms with Crippen molar-refractivity contribution < 1.29 is 19.1 Å². The lowest BCUT2D eigenvalue weighted by Crippen LogP contribution is -2.44. The molecule has 9 nitrogen and oxygen atoms in total. The number of ether oxygens (including phenoxy) is 2. The summed E-state index contributed by atoms with van der Waals surface area (Å²) in [6, 6.07) is 5.24. The van der Waals surface area contributed by atoms with Crippen molar-refractivity contribution in [2.45, 2.75) is 57.1 Å². The summed E-state index contributed by atoms with van der Waals surface area (Å²) in [4.78, 5) is 36.6. The van der Waals surface area contributed by atoms with Crippen LogP contribution in [0.15, 0.2) is 23.0 Å². The number of piperidine rings is 2. The monoisotopic (exact) mass is 494 g/mol. The van der Waals surface area contributed by atoms with E-state index in [0.29, 0.717) is 31.3 Å². The number of hydrogen-bond donors (Lipinski definition) is 2. The highest BCUT2D eigenvalue weighted by atomic mass is 35.5. The molecule has 1 aromatic carbocycles. The molecule has 2 aliphatic heterocycles. The number of aryl methyl sites for hydroxylation is 2. The van der Waals surface area contributed by atoms with Gasteiger partial charge in [0.1, 0.15) is 6.04 Å². The number of benzene rings is 1. The van der Waals surface area contributed by atoms with Gasteiger partial charge in [-0.15, -0.1) is 12.4 Å². The summed E-state index contributed by atoms with van der Waals surface area (Å²) in [5, 5.41) is 5.68. The van der Waals surface area contributed by atoms with Crippen LogP contribution in [0.4, 0.5) is 0 Å². The molecule has 3 heterocycles. The zero-order chi connectivity index (χ0) is 23.2. The second-order valence-electron chi connectivity index (χ2n) is 8.89. The van der Waals surface area contributed by atoms with Gasteiger partial charge in [0.2, 0.25) is 11.8 Å². The van der Waals surface area contributed by atoms with Crippen molar-refractivity contribution in [3.63, 3.8) is 0 Å². The highest BCUT2D eigenvalue weighted by molar-refractivity contribution is 6.00. The van der Waals surface area contributed by atoms with E-state index in [9.17, 15) is 14.4 Å². The molecule has 2 fully saturated rings. The van der Waals surface area contributed by atoms with E-state index in [4.69, 9.17) is 9.47 Å². The Kier molecular flexibility index (Phi) is 9.70. The number of rotatable bonds is 10. The first-order valence-electron chi connectivity index (χ1n) is 12.0.